The van der Waals surface area contributed by atoms with Gasteiger partial charge in [-0.15, -0.1) is 0 Å². The summed E-state index contributed by atoms with van der Waals surface area (Å²) in [6.45, 7) is 9.58. The minimum atomic E-state index is -1.03. The molecule has 0 aromatic rings. The van der Waals surface area contributed by atoms with E-state index in [1.54, 1.807) is 0 Å². The van der Waals surface area contributed by atoms with E-state index in [4.69, 9.17) is 4.74 Å². The van der Waals surface area contributed by atoms with Gasteiger partial charge in [0.25, 0.3) is 0 Å². The van der Waals surface area contributed by atoms with Crippen molar-refractivity contribution in [2.24, 2.45) is 0 Å². The van der Waals surface area contributed by atoms with Crippen molar-refractivity contribution in [1.29, 1.82) is 0 Å². The minimum absolute atomic E-state index is 0.502. The molecule has 1 aliphatic heterocycles. The summed E-state index contributed by atoms with van der Waals surface area (Å²) in [7, 11) is 0.789. The predicted octanol–water partition coefficient (Wildman–Crippen LogP) is 1.54. The molecular formula is C8H19NOSi. The van der Waals surface area contributed by atoms with Crippen LogP contribution in [0.15, 0.2) is 0 Å². The molecule has 1 unspecified atom stereocenters. The van der Waals surface area contributed by atoms with Crippen molar-refractivity contribution >= 4 is 8.24 Å². The number of hydrogen-bond donors (Lipinski definition) is 0. The zero-order valence-electron chi connectivity index (χ0n) is 8.05. The zero-order valence-corrected chi connectivity index (χ0v) is 9.05. The first-order valence-corrected chi connectivity index (χ1v) is 7.76. The minimum Gasteiger partial charge on any atom is -0.380 e. The lowest BCUT2D eigenvalue weighted by Gasteiger charge is -2.29. The van der Waals surface area contributed by atoms with E-state index < -0.39 is 8.24 Å². The van der Waals surface area contributed by atoms with Gasteiger partial charge in [-0.3, -0.25) is 0 Å². The number of hydrogen-bond acceptors (Lipinski definition) is 2. The second-order valence-electron chi connectivity index (χ2n) is 4.26. The first-order valence-electron chi connectivity index (χ1n) is 4.32. The number of nitrogens with zero attached hydrogens (tertiary/aromatic N) is 1. The van der Waals surface area contributed by atoms with Crippen molar-refractivity contribution in [3.8, 4) is 0 Å². The fourth-order valence-corrected chi connectivity index (χ4v) is 3.08. The molecular weight excluding hydrogens is 154 g/mol. The summed E-state index contributed by atoms with van der Waals surface area (Å²) in [5.74, 6) is 0. The summed E-state index contributed by atoms with van der Waals surface area (Å²) in [5.41, 5.74) is 0. The molecule has 1 atom stereocenters. The Bertz CT molecular complexity index is 133. The molecule has 2 nitrogen and oxygen atoms in total. The van der Waals surface area contributed by atoms with Gasteiger partial charge in [0.2, 0.25) is 0 Å². The van der Waals surface area contributed by atoms with Crippen molar-refractivity contribution in [3.63, 3.8) is 0 Å². The molecule has 0 amide bonds. The summed E-state index contributed by atoms with van der Waals surface area (Å²) in [4.78, 5) is 0. The van der Waals surface area contributed by atoms with Crippen LogP contribution in [0.25, 0.3) is 0 Å². The van der Waals surface area contributed by atoms with Gasteiger partial charge in [-0.1, -0.05) is 19.6 Å². The Balaban J connectivity index is 2.42. The monoisotopic (exact) mass is 173 g/mol. The number of methoxy groups -OCH3 is 1. The molecule has 0 aromatic carbocycles. The summed E-state index contributed by atoms with van der Waals surface area (Å²) < 4.78 is 7.93. The van der Waals surface area contributed by atoms with Crippen molar-refractivity contribution < 1.29 is 4.74 Å². The molecule has 0 radical (unpaired) electrons. The Labute approximate surface area is 70.6 Å². The van der Waals surface area contributed by atoms with Crippen LogP contribution in [-0.2, 0) is 4.74 Å². The van der Waals surface area contributed by atoms with Gasteiger partial charge >= 0.3 is 0 Å². The predicted molar refractivity (Wildman–Crippen MR) is 50.3 cm³/mol. The molecule has 3 heteroatoms. The van der Waals surface area contributed by atoms with Crippen LogP contribution in [0.3, 0.4) is 0 Å². The summed E-state index contributed by atoms with van der Waals surface area (Å²) in [5, 5.41) is 0. The second kappa shape index (κ2) is 3.25. The Morgan fingerprint density at radius 3 is 2.27 bits per heavy atom. The molecule has 1 fully saturated rings. The van der Waals surface area contributed by atoms with Crippen molar-refractivity contribution in [2.75, 3.05) is 20.2 Å². The van der Waals surface area contributed by atoms with Crippen LogP contribution in [0.5, 0.6) is 0 Å². The average Bonchev–Trinajstić information content (AvgIpc) is 2.32. The zero-order chi connectivity index (χ0) is 8.48. The Morgan fingerprint density at radius 1 is 1.36 bits per heavy atom. The summed E-state index contributed by atoms with van der Waals surface area (Å²) in [6.07, 6.45) is 1.72. The van der Waals surface area contributed by atoms with Crippen LogP contribution in [0.1, 0.15) is 6.42 Å². The van der Waals surface area contributed by atoms with Crippen molar-refractivity contribution in [3.05, 3.63) is 0 Å². The molecule has 11 heavy (non-hydrogen) atoms. The van der Waals surface area contributed by atoms with Crippen molar-refractivity contribution in [2.45, 2.75) is 32.2 Å². The molecule has 1 aliphatic rings. The fraction of sp³-hybridized carbons (Fsp3) is 1.00. The highest BCUT2D eigenvalue weighted by atomic mass is 28.3. The molecule has 0 aromatic heterocycles. The maximum absolute atomic E-state index is 5.32. The van der Waals surface area contributed by atoms with Gasteiger partial charge < -0.3 is 9.30 Å². The SMILES string of the molecule is COC1CCN([Si](C)(C)C)C1. The van der Waals surface area contributed by atoms with E-state index in [9.17, 15) is 0 Å². The first kappa shape index (κ1) is 9.23. The highest BCUT2D eigenvalue weighted by Crippen LogP contribution is 2.19. The molecule has 66 valence electrons. The average molecular weight is 173 g/mol. The smallest absolute Gasteiger partial charge is 0.119 e. The maximum atomic E-state index is 5.32. The van der Waals surface area contributed by atoms with Gasteiger partial charge in [0.15, 0.2) is 0 Å². The fourth-order valence-electron chi connectivity index (χ4n) is 1.53. The third-order valence-corrected chi connectivity index (χ3v) is 4.73. The first-order chi connectivity index (χ1) is 5.04. The topological polar surface area (TPSA) is 12.5 Å². The molecule has 0 spiro atoms. The summed E-state index contributed by atoms with van der Waals surface area (Å²) in [6, 6.07) is 0. The molecule has 0 bridgehead atoms. The quantitative estimate of drug-likeness (QED) is 0.587. The number of ether oxygens (including phenoxy) is 1. The van der Waals surface area contributed by atoms with Crippen molar-refractivity contribution in [1.82, 2.24) is 4.57 Å². The third kappa shape index (κ3) is 2.29. The molecule has 0 saturated carbocycles. The lowest BCUT2D eigenvalue weighted by atomic mass is 10.3. The standard InChI is InChI=1S/C8H19NOSi/c1-10-8-5-6-9(7-8)11(2,3)4/h8H,5-7H2,1-4H3. The van der Waals surface area contributed by atoms with E-state index in [-0.39, 0.29) is 0 Å². The van der Waals surface area contributed by atoms with E-state index >= 15 is 0 Å². The maximum Gasteiger partial charge on any atom is 0.119 e. The highest BCUT2D eigenvalue weighted by molar-refractivity contribution is 6.73. The van der Waals surface area contributed by atoms with E-state index in [1.807, 2.05) is 7.11 Å². The molecule has 1 saturated heterocycles. The summed E-state index contributed by atoms with van der Waals surface area (Å²) >= 11 is 0. The normalized spacial score (nSPS) is 27.8. The van der Waals surface area contributed by atoms with Crippen LogP contribution in [-0.4, -0.2) is 39.1 Å². The van der Waals surface area contributed by atoms with Gasteiger partial charge in [0.05, 0.1) is 6.10 Å². The highest BCUT2D eigenvalue weighted by Gasteiger charge is 2.31. The van der Waals surface area contributed by atoms with E-state index in [0.29, 0.717) is 6.10 Å². The molecule has 0 aliphatic carbocycles. The third-order valence-electron chi connectivity index (χ3n) is 2.43. The Morgan fingerprint density at radius 2 is 2.00 bits per heavy atom. The largest absolute Gasteiger partial charge is 0.380 e. The van der Waals surface area contributed by atoms with Gasteiger partial charge in [-0.25, -0.2) is 0 Å². The van der Waals surface area contributed by atoms with Gasteiger partial charge in [-0.2, -0.15) is 0 Å². The van der Waals surface area contributed by atoms with Gasteiger partial charge in [0.1, 0.15) is 8.24 Å². The molecule has 1 rings (SSSR count). The van der Waals surface area contributed by atoms with Crippen LogP contribution >= 0.6 is 0 Å². The second-order valence-corrected chi connectivity index (χ2v) is 9.24. The van der Waals surface area contributed by atoms with E-state index in [2.05, 4.69) is 24.2 Å². The van der Waals surface area contributed by atoms with E-state index in [0.717, 1.165) is 6.54 Å². The van der Waals surface area contributed by atoms with Crippen LogP contribution in [0.2, 0.25) is 19.6 Å². The molecule has 0 N–H and O–H groups in total. The van der Waals surface area contributed by atoms with E-state index in [1.165, 1.54) is 13.0 Å². The van der Waals surface area contributed by atoms with Crippen LogP contribution in [0.4, 0.5) is 0 Å². The van der Waals surface area contributed by atoms with Gasteiger partial charge in [-0.05, 0) is 13.0 Å². The molecule has 1 heterocycles. The van der Waals surface area contributed by atoms with Gasteiger partial charge in [0, 0.05) is 13.7 Å². The Kier molecular flexibility index (Phi) is 2.73. The lowest BCUT2D eigenvalue weighted by molar-refractivity contribution is 0.114. The Hall–Kier alpha value is 0.137. The van der Waals surface area contributed by atoms with Crippen LogP contribution < -0.4 is 0 Å². The van der Waals surface area contributed by atoms with Crippen LogP contribution in [0, 0.1) is 0 Å². The lowest BCUT2D eigenvalue weighted by Crippen LogP contribution is -2.44. The number of rotatable bonds is 2.